The molecule has 0 aliphatic heterocycles. The number of aromatic nitrogens is 1. The molecule has 0 atom stereocenters. The van der Waals surface area contributed by atoms with Crippen molar-refractivity contribution in [1.82, 2.24) is 4.98 Å². The highest BCUT2D eigenvalue weighted by atomic mass is 16.5. The molecule has 1 aliphatic carbocycles. The minimum atomic E-state index is 0.860. The van der Waals surface area contributed by atoms with Gasteiger partial charge in [0.05, 0.1) is 18.5 Å². The molecule has 2 heteroatoms. The number of fused-ring (bicyclic) bond motifs is 1. The zero-order valence-corrected chi connectivity index (χ0v) is 9.68. The third-order valence-corrected chi connectivity index (χ3v) is 3.01. The van der Waals surface area contributed by atoms with Crippen LogP contribution in [-0.4, -0.2) is 12.1 Å². The average molecular weight is 223 g/mol. The van der Waals surface area contributed by atoms with Crippen molar-refractivity contribution in [2.45, 2.75) is 6.42 Å². The van der Waals surface area contributed by atoms with Gasteiger partial charge in [-0.25, -0.2) is 0 Å². The highest BCUT2D eigenvalue weighted by Gasteiger charge is 2.16. The van der Waals surface area contributed by atoms with Crippen LogP contribution in [0.4, 0.5) is 0 Å². The summed E-state index contributed by atoms with van der Waals surface area (Å²) < 4.78 is 5.30. The Labute approximate surface area is 101 Å². The fraction of sp³-hybridized carbons (Fsp3) is 0.133. The lowest BCUT2D eigenvalue weighted by Crippen LogP contribution is -1.93. The van der Waals surface area contributed by atoms with Crippen molar-refractivity contribution in [1.29, 1.82) is 0 Å². The van der Waals surface area contributed by atoms with E-state index in [1.807, 2.05) is 24.3 Å². The standard InChI is InChI=1S/C15H13NO/c1-17-15-10-9-14-12(15)7-8-13(16-14)11-5-3-2-4-6-11/h2-8,10H,9H2,1H3. The molecule has 17 heavy (non-hydrogen) atoms. The predicted molar refractivity (Wildman–Crippen MR) is 68.4 cm³/mol. The van der Waals surface area contributed by atoms with Crippen molar-refractivity contribution in [3.05, 3.63) is 59.8 Å². The summed E-state index contributed by atoms with van der Waals surface area (Å²) in [5.41, 5.74) is 4.40. The summed E-state index contributed by atoms with van der Waals surface area (Å²) in [6.07, 6.45) is 2.94. The Balaban J connectivity index is 2.03. The molecule has 1 aromatic heterocycles. The van der Waals surface area contributed by atoms with E-state index in [4.69, 9.17) is 4.74 Å². The van der Waals surface area contributed by atoms with Crippen molar-refractivity contribution in [2.24, 2.45) is 0 Å². The lowest BCUT2D eigenvalue weighted by molar-refractivity contribution is 0.371. The SMILES string of the molecule is COC1=CCc2nc(-c3ccccc3)ccc21. The molecule has 1 aliphatic rings. The maximum absolute atomic E-state index is 5.30. The number of ether oxygens (including phenoxy) is 1. The van der Waals surface area contributed by atoms with Gasteiger partial charge >= 0.3 is 0 Å². The normalized spacial score (nSPS) is 13.1. The summed E-state index contributed by atoms with van der Waals surface area (Å²) in [5.74, 6) is 0.937. The van der Waals surface area contributed by atoms with E-state index in [1.165, 1.54) is 0 Å². The van der Waals surface area contributed by atoms with Gasteiger partial charge in [-0.15, -0.1) is 0 Å². The number of pyridine rings is 1. The van der Waals surface area contributed by atoms with Gasteiger partial charge in [0.15, 0.2) is 0 Å². The van der Waals surface area contributed by atoms with Gasteiger partial charge in [-0.2, -0.15) is 0 Å². The maximum atomic E-state index is 5.30. The van der Waals surface area contributed by atoms with E-state index >= 15 is 0 Å². The lowest BCUT2D eigenvalue weighted by Gasteiger charge is -2.06. The van der Waals surface area contributed by atoms with E-state index < -0.39 is 0 Å². The average Bonchev–Trinajstić information content (AvgIpc) is 2.81. The molecule has 0 radical (unpaired) electrons. The van der Waals surface area contributed by atoms with Crippen molar-refractivity contribution >= 4 is 5.76 Å². The number of hydrogen-bond acceptors (Lipinski definition) is 2. The van der Waals surface area contributed by atoms with Crippen LogP contribution in [-0.2, 0) is 11.2 Å². The van der Waals surface area contributed by atoms with E-state index in [0.29, 0.717) is 0 Å². The van der Waals surface area contributed by atoms with Crippen LogP contribution in [0, 0.1) is 0 Å². The van der Waals surface area contributed by atoms with Gasteiger partial charge in [0.2, 0.25) is 0 Å². The van der Waals surface area contributed by atoms with Crippen molar-refractivity contribution < 1.29 is 4.74 Å². The van der Waals surface area contributed by atoms with Gasteiger partial charge in [-0.3, -0.25) is 4.98 Å². The van der Waals surface area contributed by atoms with Crippen molar-refractivity contribution in [3.63, 3.8) is 0 Å². The Hall–Kier alpha value is -2.09. The van der Waals surface area contributed by atoms with Crippen molar-refractivity contribution in [3.8, 4) is 11.3 Å². The van der Waals surface area contributed by atoms with E-state index in [2.05, 4.69) is 29.3 Å². The van der Waals surface area contributed by atoms with Crippen molar-refractivity contribution in [2.75, 3.05) is 7.11 Å². The Morgan fingerprint density at radius 2 is 1.88 bits per heavy atom. The van der Waals surface area contributed by atoms with Crippen LogP contribution in [0.5, 0.6) is 0 Å². The quantitative estimate of drug-likeness (QED) is 0.779. The van der Waals surface area contributed by atoms with Gasteiger partial charge in [-0.05, 0) is 18.2 Å². The number of benzene rings is 1. The van der Waals surface area contributed by atoms with Crippen LogP contribution in [0.15, 0.2) is 48.5 Å². The van der Waals surface area contributed by atoms with Crippen LogP contribution in [0.1, 0.15) is 11.3 Å². The molecule has 0 unspecified atom stereocenters. The maximum Gasteiger partial charge on any atom is 0.124 e. The number of hydrogen-bond donors (Lipinski definition) is 0. The second kappa shape index (κ2) is 4.06. The highest BCUT2D eigenvalue weighted by molar-refractivity contribution is 5.70. The first-order valence-electron chi connectivity index (χ1n) is 5.68. The zero-order valence-electron chi connectivity index (χ0n) is 9.68. The van der Waals surface area contributed by atoms with E-state index in [9.17, 15) is 0 Å². The van der Waals surface area contributed by atoms with Crippen LogP contribution in [0.3, 0.4) is 0 Å². The summed E-state index contributed by atoms with van der Waals surface area (Å²) in [5, 5.41) is 0. The minimum absolute atomic E-state index is 0.860. The molecule has 0 saturated heterocycles. The monoisotopic (exact) mass is 223 g/mol. The number of allylic oxidation sites excluding steroid dienone is 1. The second-order valence-corrected chi connectivity index (χ2v) is 4.03. The third-order valence-electron chi connectivity index (χ3n) is 3.01. The predicted octanol–water partition coefficient (Wildman–Crippen LogP) is 3.29. The topological polar surface area (TPSA) is 22.1 Å². The molecular formula is C15H13NO. The summed E-state index contributed by atoms with van der Waals surface area (Å²) in [4.78, 5) is 4.69. The largest absolute Gasteiger partial charge is 0.496 e. The van der Waals surface area contributed by atoms with Crippen LogP contribution >= 0.6 is 0 Å². The number of methoxy groups -OCH3 is 1. The molecular weight excluding hydrogens is 210 g/mol. The molecule has 0 bridgehead atoms. The minimum Gasteiger partial charge on any atom is -0.496 e. The number of nitrogens with zero attached hydrogens (tertiary/aromatic N) is 1. The van der Waals surface area contributed by atoms with Gasteiger partial charge in [0.1, 0.15) is 5.76 Å². The molecule has 0 N–H and O–H groups in total. The fourth-order valence-corrected chi connectivity index (χ4v) is 2.14. The van der Waals surface area contributed by atoms with E-state index in [0.717, 1.165) is 34.7 Å². The first-order valence-corrected chi connectivity index (χ1v) is 5.68. The molecule has 2 nitrogen and oxygen atoms in total. The molecule has 1 aromatic carbocycles. The third kappa shape index (κ3) is 1.72. The molecule has 0 fully saturated rings. The smallest absolute Gasteiger partial charge is 0.124 e. The summed E-state index contributed by atoms with van der Waals surface area (Å²) in [6.45, 7) is 0. The van der Waals surface area contributed by atoms with Crippen LogP contribution in [0.25, 0.3) is 17.0 Å². The molecule has 1 heterocycles. The van der Waals surface area contributed by atoms with Crippen LogP contribution in [0.2, 0.25) is 0 Å². The Bertz CT molecular complexity index is 573. The fourth-order valence-electron chi connectivity index (χ4n) is 2.14. The van der Waals surface area contributed by atoms with Gasteiger partial charge in [0.25, 0.3) is 0 Å². The molecule has 2 aromatic rings. The number of rotatable bonds is 2. The highest BCUT2D eigenvalue weighted by Crippen LogP contribution is 2.28. The van der Waals surface area contributed by atoms with Gasteiger partial charge in [0, 0.05) is 17.5 Å². The molecule has 0 amide bonds. The van der Waals surface area contributed by atoms with Gasteiger partial charge < -0.3 is 4.74 Å². The molecule has 84 valence electrons. The lowest BCUT2D eigenvalue weighted by atomic mass is 10.1. The Kier molecular flexibility index (Phi) is 2.41. The Morgan fingerprint density at radius 3 is 2.65 bits per heavy atom. The molecule has 3 rings (SSSR count). The summed E-state index contributed by atoms with van der Waals surface area (Å²) in [6, 6.07) is 14.4. The Morgan fingerprint density at radius 1 is 1.06 bits per heavy atom. The first kappa shape index (κ1) is 10.1. The van der Waals surface area contributed by atoms with E-state index in [1.54, 1.807) is 7.11 Å². The molecule has 0 saturated carbocycles. The zero-order chi connectivity index (χ0) is 11.7. The van der Waals surface area contributed by atoms with E-state index in [-0.39, 0.29) is 0 Å². The second-order valence-electron chi connectivity index (χ2n) is 4.03. The van der Waals surface area contributed by atoms with Crippen LogP contribution < -0.4 is 0 Å². The summed E-state index contributed by atoms with van der Waals surface area (Å²) >= 11 is 0. The first-order chi connectivity index (χ1) is 8.38. The molecule has 0 spiro atoms. The summed E-state index contributed by atoms with van der Waals surface area (Å²) in [7, 11) is 1.70. The van der Waals surface area contributed by atoms with Gasteiger partial charge in [-0.1, -0.05) is 30.3 Å².